The number of rotatable bonds is 4. The van der Waals surface area contributed by atoms with Crippen molar-refractivity contribution >= 4 is 12.1 Å². The summed E-state index contributed by atoms with van der Waals surface area (Å²) in [7, 11) is 1.33. The Bertz CT molecular complexity index is 518. The largest absolute Gasteiger partial charge is 0.467 e. The van der Waals surface area contributed by atoms with Crippen LogP contribution in [0.4, 0.5) is 4.79 Å². The van der Waals surface area contributed by atoms with Gasteiger partial charge in [-0.3, -0.25) is 4.90 Å². The summed E-state index contributed by atoms with van der Waals surface area (Å²) in [6, 6.07) is 3.42. The van der Waals surface area contributed by atoms with Gasteiger partial charge in [0, 0.05) is 18.2 Å². The minimum absolute atomic E-state index is 0.136. The zero-order valence-electron chi connectivity index (χ0n) is 12.4. The molecule has 1 unspecified atom stereocenters. The molecule has 1 aliphatic rings. The van der Waals surface area contributed by atoms with Crippen LogP contribution in [0.2, 0.25) is 0 Å². The van der Waals surface area contributed by atoms with Crippen LogP contribution >= 0.6 is 0 Å². The maximum Gasteiger partial charge on any atom is 0.415 e. The van der Waals surface area contributed by atoms with Crippen LogP contribution in [0.25, 0.3) is 0 Å². The minimum Gasteiger partial charge on any atom is -0.467 e. The van der Waals surface area contributed by atoms with Gasteiger partial charge in [0.25, 0.3) is 6.73 Å². The summed E-state index contributed by atoms with van der Waals surface area (Å²) in [5.74, 6) is -0.384. The van der Waals surface area contributed by atoms with Crippen LogP contribution in [0.15, 0.2) is 24.5 Å². The van der Waals surface area contributed by atoms with E-state index >= 15 is 0 Å². The maximum atomic E-state index is 12.1. The summed E-state index contributed by atoms with van der Waals surface area (Å²) in [6.45, 7) is 2.73. The summed E-state index contributed by atoms with van der Waals surface area (Å²) >= 11 is 0. The van der Waals surface area contributed by atoms with Gasteiger partial charge in [-0.1, -0.05) is 6.92 Å². The van der Waals surface area contributed by atoms with Crippen LogP contribution in [0.1, 0.15) is 25.3 Å². The highest BCUT2D eigenvalue weighted by molar-refractivity contribution is 5.81. The van der Waals surface area contributed by atoms with Crippen LogP contribution in [-0.4, -0.2) is 36.7 Å². The lowest BCUT2D eigenvalue weighted by Crippen LogP contribution is -2.44. The summed E-state index contributed by atoms with van der Waals surface area (Å²) in [5.41, 5.74) is 1.17. The number of aromatic nitrogens is 1. The monoisotopic (exact) mass is 293 g/mol. The number of carbonyl (C=O) groups excluding carboxylic acids is 2. The second-order valence-corrected chi connectivity index (χ2v) is 4.99. The van der Waals surface area contributed by atoms with Crippen LogP contribution in [0, 0.1) is 0 Å². The van der Waals surface area contributed by atoms with Gasteiger partial charge in [-0.25, -0.2) is 9.59 Å². The van der Waals surface area contributed by atoms with E-state index in [4.69, 9.17) is 9.47 Å². The number of ether oxygens (including phenoxy) is 2. The molecule has 2 heterocycles. The summed E-state index contributed by atoms with van der Waals surface area (Å²) in [5, 5.41) is 0. The van der Waals surface area contributed by atoms with Crippen molar-refractivity contribution in [2.45, 2.75) is 39.0 Å². The first-order valence-electron chi connectivity index (χ1n) is 7.15. The minimum atomic E-state index is -0.519. The van der Waals surface area contributed by atoms with E-state index in [1.54, 1.807) is 4.57 Å². The van der Waals surface area contributed by atoms with E-state index in [9.17, 15) is 9.59 Å². The molecule has 1 aromatic heterocycles. The number of esters is 1. The van der Waals surface area contributed by atoms with E-state index in [1.807, 2.05) is 24.5 Å². The fraction of sp³-hybridized carbons (Fsp3) is 0.533. The van der Waals surface area contributed by atoms with E-state index in [-0.39, 0.29) is 12.7 Å². The molecule has 1 aliphatic heterocycles. The molecule has 2 rings (SSSR count). The van der Waals surface area contributed by atoms with E-state index in [1.165, 1.54) is 17.6 Å². The Labute approximate surface area is 124 Å². The van der Waals surface area contributed by atoms with Crippen LogP contribution in [0.5, 0.6) is 0 Å². The zero-order valence-corrected chi connectivity index (χ0v) is 12.4. The highest BCUT2D eigenvalue weighted by atomic mass is 16.6. The summed E-state index contributed by atoms with van der Waals surface area (Å²) < 4.78 is 11.8. The first-order chi connectivity index (χ1) is 10.2. The molecule has 0 radical (unpaired) electrons. The SMILES string of the molecule is CCc1ccc[n+](COC(=O)N2CCCC2C(=O)OC)c1. The molecule has 0 bridgehead atoms. The van der Waals surface area contributed by atoms with Crippen molar-refractivity contribution in [1.29, 1.82) is 0 Å². The topological polar surface area (TPSA) is 59.7 Å². The Hall–Kier alpha value is -2.11. The Morgan fingerprint density at radius 2 is 2.29 bits per heavy atom. The van der Waals surface area contributed by atoms with E-state index in [0.29, 0.717) is 13.0 Å². The molecule has 1 saturated heterocycles. The van der Waals surface area contributed by atoms with Crippen molar-refractivity contribution in [1.82, 2.24) is 4.90 Å². The van der Waals surface area contributed by atoms with Crippen molar-refractivity contribution in [2.24, 2.45) is 0 Å². The molecule has 0 aromatic carbocycles. The molecule has 21 heavy (non-hydrogen) atoms. The molecule has 1 amide bonds. The van der Waals surface area contributed by atoms with Gasteiger partial charge in [0.2, 0.25) is 0 Å². The Kier molecular flexibility index (Phi) is 5.14. The van der Waals surface area contributed by atoms with Crippen molar-refractivity contribution < 1.29 is 23.6 Å². The van der Waals surface area contributed by atoms with Gasteiger partial charge in [-0.15, -0.1) is 0 Å². The van der Waals surface area contributed by atoms with Gasteiger partial charge in [-0.05, 0) is 25.3 Å². The molecular weight excluding hydrogens is 272 g/mol. The van der Waals surface area contributed by atoms with Gasteiger partial charge in [0.05, 0.1) is 7.11 Å². The molecule has 0 N–H and O–H groups in total. The maximum absolute atomic E-state index is 12.1. The average molecular weight is 293 g/mol. The lowest BCUT2D eigenvalue weighted by atomic mass is 10.2. The number of hydrogen-bond acceptors (Lipinski definition) is 4. The number of pyridine rings is 1. The van der Waals surface area contributed by atoms with Crippen molar-refractivity contribution in [3.63, 3.8) is 0 Å². The number of aryl methyl sites for hydroxylation is 1. The molecule has 0 saturated carbocycles. The quantitative estimate of drug-likeness (QED) is 0.619. The molecule has 0 spiro atoms. The smallest absolute Gasteiger partial charge is 0.415 e. The first kappa shape index (κ1) is 15.3. The van der Waals surface area contributed by atoms with Crippen molar-refractivity contribution in [3.05, 3.63) is 30.1 Å². The summed E-state index contributed by atoms with van der Waals surface area (Å²) in [6.07, 6.45) is 5.64. The first-order valence-corrected chi connectivity index (χ1v) is 7.15. The zero-order chi connectivity index (χ0) is 15.2. The third-order valence-electron chi connectivity index (χ3n) is 3.63. The molecule has 1 fully saturated rings. The number of nitrogens with zero attached hydrogens (tertiary/aromatic N) is 2. The Morgan fingerprint density at radius 1 is 1.48 bits per heavy atom. The fourth-order valence-corrected chi connectivity index (χ4v) is 2.44. The van der Waals surface area contributed by atoms with Gasteiger partial charge >= 0.3 is 12.1 Å². The van der Waals surface area contributed by atoms with Gasteiger partial charge in [0.1, 0.15) is 6.04 Å². The molecular formula is C15H21N2O4+. The van der Waals surface area contributed by atoms with Crippen molar-refractivity contribution in [2.75, 3.05) is 13.7 Å². The van der Waals surface area contributed by atoms with E-state index in [0.717, 1.165) is 12.8 Å². The normalized spacial score (nSPS) is 17.6. The van der Waals surface area contributed by atoms with Crippen LogP contribution in [0.3, 0.4) is 0 Å². The molecule has 0 aliphatic carbocycles. The molecule has 1 atom stereocenters. The van der Waals surface area contributed by atoms with Gasteiger partial charge < -0.3 is 9.47 Å². The third kappa shape index (κ3) is 3.71. The van der Waals surface area contributed by atoms with Crippen molar-refractivity contribution in [3.8, 4) is 0 Å². The summed E-state index contributed by atoms with van der Waals surface area (Å²) in [4.78, 5) is 25.1. The molecule has 6 nitrogen and oxygen atoms in total. The lowest BCUT2D eigenvalue weighted by molar-refractivity contribution is -0.727. The number of hydrogen-bond donors (Lipinski definition) is 0. The van der Waals surface area contributed by atoms with Gasteiger partial charge in [0.15, 0.2) is 12.4 Å². The lowest BCUT2D eigenvalue weighted by Gasteiger charge is -2.21. The molecule has 1 aromatic rings. The van der Waals surface area contributed by atoms with Crippen LogP contribution < -0.4 is 4.57 Å². The number of carbonyl (C=O) groups is 2. The predicted molar refractivity (Wildman–Crippen MR) is 74.2 cm³/mol. The Morgan fingerprint density at radius 3 is 3.00 bits per heavy atom. The second-order valence-electron chi connectivity index (χ2n) is 4.99. The molecule has 6 heteroatoms. The second kappa shape index (κ2) is 7.06. The van der Waals surface area contributed by atoms with E-state index in [2.05, 4.69) is 6.92 Å². The van der Waals surface area contributed by atoms with Crippen LogP contribution in [-0.2, 0) is 27.4 Å². The van der Waals surface area contributed by atoms with Gasteiger partial charge in [-0.2, -0.15) is 4.57 Å². The number of amides is 1. The fourth-order valence-electron chi connectivity index (χ4n) is 2.44. The third-order valence-corrected chi connectivity index (χ3v) is 3.63. The highest BCUT2D eigenvalue weighted by Crippen LogP contribution is 2.19. The average Bonchev–Trinajstić information content (AvgIpc) is 3.01. The van der Waals surface area contributed by atoms with E-state index < -0.39 is 12.1 Å². The Balaban J connectivity index is 1.93. The standard InChI is InChI=1S/C15H21N2O4/c1-3-12-6-4-8-16(10-12)11-21-15(19)17-9-5-7-13(17)14(18)20-2/h4,6,8,10,13H,3,5,7,9,11H2,1-2H3/q+1. The number of methoxy groups -OCH3 is 1. The highest BCUT2D eigenvalue weighted by Gasteiger charge is 2.36. The molecule has 114 valence electrons. The predicted octanol–water partition coefficient (Wildman–Crippen LogP) is 1.27. The number of likely N-dealkylation sites (tertiary alicyclic amines) is 1.